The van der Waals surface area contributed by atoms with Gasteiger partial charge in [-0.3, -0.25) is 10.1 Å². The molecule has 0 N–H and O–H groups in total. The summed E-state index contributed by atoms with van der Waals surface area (Å²) in [4.78, 5) is 41.6. The molecule has 0 aromatic heterocycles. The van der Waals surface area contributed by atoms with Gasteiger partial charge in [0.05, 0.1) is 53.2 Å². The molecule has 6 rings (SSSR count). The highest BCUT2D eigenvalue weighted by Crippen LogP contribution is 2.45. The van der Waals surface area contributed by atoms with Crippen molar-refractivity contribution in [3.05, 3.63) is 168 Å². The number of nitro groups is 1. The van der Waals surface area contributed by atoms with E-state index in [2.05, 4.69) is 30.3 Å². The fourth-order valence-electron chi connectivity index (χ4n) is 9.18. The molecule has 0 aliphatic carbocycles. The normalized spacial score (nSPS) is 11.5. The molecule has 14 heteroatoms. The van der Waals surface area contributed by atoms with E-state index in [1.165, 1.54) is 70.3 Å². The summed E-state index contributed by atoms with van der Waals surface area (Å²) in [7, 11) is 3.68. The summed E-state index contributed by atoms with van der Waals surface area (Å²) >= 11 is 0. The van der Waals surface area contributed by atoms with Crippen molar-refractivity contribution < 1.29 is 42.9 Å². The van der Waals surface area contributed by atoms with Gasteiger partial charge in [-0.1, -0.05) is 138 Å². The van der Waals surface area contributed by atoms with Gasteiger partial charge in [0, 0.05) is 32.3 Å². The predicted molar refractivity (Wildman–Crippen MR) is 333 cm³/mol. The smallest absolute Gasteiger partial charge is 0.343 e. The number of esters is 2. The van der Waals surface area contributed by atoms with Gasteiger partial charge in [-0.05, 0) is 130 Å². The number of hydrogen-bond donors (Lipinski definition) is 0. The second-order valence-corrected chi connectivity index (χ2v) is 21.2. The highest BCUT2D eigenvalue weighted by Gasteiger charge is 2.26. The van der Waals surface area contributed by atoms with Crippen LogP contribution in [0.4, 0.5) is 22.7 Å². The lowest BCUT2D eigenvalue weighted by Crippen LogP contribution is -2.16. The molecular weight excluding hydrogens is 1040 g/mol. The summed E-state index contributed by atoms with van der Waals surface area (Å²) in [5.74, 6) is 0.221. The van der Waals surface area contributed by atoms with Crippen LogP contribution in [0.3, 0.4) is 0 Å². The quantitative estimate of drug-likeness (QED) is 0.00694. The first-order chi connectivity index (χ1) is 40.3. The van der Waals surface area contributed by atoms with E-state index in [-0.39, 0.29) is 45.9 Å². The number of hydrogen-bond acceptors (Lipinski definition) is 13. The number of anilines is 1. The SMILES string of the molecule is C=CCCCCCCCCOc1ccc(-c2ccc(C(=O)Oc3cc(N(C)C)c(O[C@@H](C)CCC=C)cc3N=Nc3cc(OC(=O)c4ccc(-c5ccc(OCCCCCCCCCC)cc5)cc4)c([N+](=O)[O-])cc3OC(C)C)cc2)cc1. The van der Waals surface area contributed by atoms with E-state index in [1.807, 2.05) is 98.7 Å². The van der Waals surface area contributed by atoms with Crippen LogP contribution in [0.2, 0.25) is 0 Å². The van der Waals surface area contributed by atoms with E-state index < -0.39 is 28.7 Å². The number of nitro benzene ring substituents is 1. The predicted octanol–water partition coefficient (Wildman–Crippen LogP) is 19.2. The standard InChI is InChI=1S/C69H84N4O10/c1-9-12-15-17-19-21-23-25-44-78-58-40-36-54(37-41-58)52-28-32-56(33-29-52)68(74)82-65-48-62(72(7)8)66(81-51(6)27-14-11-3)46-61(65)71-70-60-47-67(63(73(76)77)49-64(60)80-50(4)5)83-69(75)57-34-30-53(31-35-57)55-38-42-59(43-39-55)79-45-26-24-22-20-18-16-13-10-2/h9,11,28-43,46-51H,1,3,10,12-27,44-45H2,2,4-8H3/t51-/m0/s1. The van der Waals surface area contributed by atoms with Crippen LogP contribution in [0, 0.1) is 10.1 Å². The van der Waals surface area contributed by atoms with Crippen molar-refractivity contribution in [1.82, 2.24) is 0 Å². The van der Waals surface area contributed by atoms with Crippen LogP contribution >= 0.6 is 0 Å². The number of azo groups is 1. The van der Waals surface area contributed by atoms with Crippen molar-refractivity contribution in [3.63, 3.8) is 0 Å². The number of allylic oxidation sites excluding steroid dienone is 2. The van der Waals surface area contributed by atoms with E-state index >= 15 is 0 Å². The fraction of sp³-hybridized carbons (Fsp3) is 0.391. The minimum Gasteiger partial charge on any atom is -0.494 e. The van der Waals surface area contributed by atoms with Gasteiger partial charge in [-0.2, -0.15) is 0 Å². The molecule has 0 radical (unpaired) electrons. The van der Waals surface area contributed by atoms with Crippen molar-refractivity contribution in [2.24, 2.45) is 10.2 Å². The van der Waals surface area contributed by atoms with E-state index in [0.29, 0.717) is 31.1 Å². The van der Waals surface area contributed by atoms with Crippen LogP contribution in [-0.2, 0) is 0 Å². The minimum absolute atomic E-state index is 0.000295. The third-order valence-electron chi connectivity index (χ3n) is 13.9. The Kier molecular flexibility index (Phi) is 26.4. The Labute approximate surface area is 491 Å². The van der Waals surface area contributed by atoms with Gasteiger partial charge in [-0.15, -0.1) is 23.4 Å². The average Bonchev–Trinajstić information content (AvgIpc) is 3.68. The van der Waals surface area contributed by atoms with Gasteiger partial charge in [0.25, 0.3) is 0 Å². The molecule has 0 fully saturated rings. The lowest BCUT2D eigenvalue weighted by Gasteiger charge is -2.22. The number of carbonyl (C=O) groups excluding carboxylic acids is 2. The van der Waals surface area contributed by atoms with Crippen molar-refractivity contribution in [2.45, 2.75) is 149 Å². The van der Waals surface area contributed by atoms with Crippen LogP contribution in [0.1, 0.15) is 158 Å². The molecule has 0 aliphatic rings. The highest BCUT2D eigenvalue weighted by atomic mass is 16.6. The minimum atomic E-state index is -0.830. The molecule has 1 atom stereocenters. The van der Waals surface area contributed by atoms with Crippen LogP contribution in [0.15, 0.2) is 157 Å². The maximum Gasteiger partial charge on any atom is 0.343 e. The Bertz CT molecular complexity index is 3030. The lowest BCUT2D eigenvalue weighted by molar-refractivity contribution is -0.385. The zero-order valence-corrected chi connectivity index (χ0v) is 49.6. The van der Waals surface area contributed by atoms with Gasteiger partial charge in [-0.25, -0.2) is 9.59 Å². The third kappa shape index (κ3) is 20.9. The van der Waals surface area contributed by atoms with Gasteiger partial charge in [0.15, 0.2) is 11.5 Å². The fourth-order valence-corrected chi connectivity index (χ4v) is 9.18. The number of nitrogens with zero attached hydrogens (tertiary/aromatic N) is 4. The molecule has 0 saturated heterocycles. The number of unbranched alkanes of at least 4 members (excludes halogenated alkanes) is 13. The first-order valence-corrected chi connectivity index (χ1v) is 29.5. The molecule has 0 spiro atoms. The van der Waals surface area contributed by atoms with Crippen LogP contribution in [-0.4, -0.2) is 56.4 Å². The van der Waals surface area contributed by atoms with Gasteiger partial charge < -0.3 is 33.3 Å². The number of benzene rings is 6. The van der Waals surface area contributed by atoms with Crippen molar-refractivity contribution in [1.29, 1.82) is 0 Å². The summed E-state index contributed by atoms with van der Waals surface area (Å²) < 4.78 is 36.4. The summed E-state index contributed by atoms with van der Waals surface area (Å²) in [6.45, 7) is 16.7. The Morgan fingerprint density at radius 3 is 1.43 bits per heavy atom. The number of rotatable bonds is 37. The second kappa shape index (κ2) is 34.2. The molecule has 0 saturated carbocycles. The van der Waals surface area contributed by atoms with E-state index in [4.69, 9.17) is 28.4 Å². The molecule has 0 heterocycles. The summed E-state index contributed by atoms with van der Waals surface area (Å²) in [6.07, 6.45) is 22.5. The summed E-state index contributed by atoms with van der Waals surface area (Å²) in [5, 5.41) is 21.7. The third-order valence-corrected chi connectivity index (χ3v) is 13.9. The lowest BCUT2D eigenvalue weighted by atomic mass is 10.0. The van der Waals surface area contributed by atoms with Gasteiger partial charge >= 0.3 is 17.6 Å². The van der Waals surface area contributed by atoms with Gasteiger partial charge in [0.1, 0.15) is 28.6 Å². The molecule has 6 aromatic carbocycles. The van der Waals surface area contributed by atoms with Crippen molar-refractivity contribution in [3.8, 4) is 56.8 Å². The molecule has 440 valence electrons. The van der Waals surface area contributed by atoms with Crippen molar-refractivity contribution >= 4 is 34.7 Å². The van der Waals surface area contributed by atoms with Gasteiger partial charge in [0.2, 0.25) is 5.75 Å². The Morgan fingerprint density at radius 2 is 0.976 bits per heavy atom. The van der Waals surface area contributed by atoms with E-state index in [9.17, 15) is 19.7 Å². The summed E-state index contributed by atoms with van der Waals surface area (Å²) in [6, 6.07) is 35.2. The highest BCUT2D eigenvalue weighted by molar-refractivity contribution is 5.93. The molecular formula is C69H84N4O10. The molecule has 0 aliphatic heterocycles. The number of carbonyl (C=O) groups is 2. The first-order valence-electron chi connectivity index (χ1n) is 29.5. The van der Waals surface area contributed by atoms with Crippen LogP contribution in [0.5, 0.6) is 34.5 Å². The van der Waals surface area contributed by atoms with E-state index in [1.54, 1.807) is 62.4 Å². The number of ether oxygens (including phenoxy) is 6. The maximum absolute atomic E-state index is 14.0. The topological polar surface area (TPSA) is 161 Å². The van der Waals surface area contributed by atoms with Crippen molar-refractivity contribution in [2.75, 3.05) is 32.2 Å². The first kappa shape index (κ1) is 63.9. The maximum atomic E-state index is 14.0. The summed E-state index contributed by atoms with van der Waals surface area (Å²) in [5.41, 5.74) is 4.26. The molecule has 83 heavy (non-hydrogen) atoms. The van der Waals surface area contributed by atoms with E-state index in [0.717, 1.165) is 78.3 Å². The Hall–Kier alpha value is -8.26. The van der Waals surface area contributed by atoms with Crippen LogP contribution < -0.4 is 33.3 Å². The van der Waals surface area contributed by atoms with Crippen LogP contribution in [0.25, 0.3) is 22.3 Å². The second-order valence-electron chi connectivity index (χ2n) is 21.2. The Balaban J connectivity index is 1.19. The average molecular weight is 1130 g/mol. The molecule has 0 amide bonds. The molecule has 0 unspecified atom stereocenters. The zero-order chi connectivity index (χ0) is 59.3. The Morgan fingerprint density at radius 1 is 0.542 bits per heavy atom. The monoisotopic (exact) mass is 1130 g/mol. The molecule has 14 nitrogen and oxygen atoms in total. The zero-order valence-electron chi connectivity index (χ0n) is 49.6. The molecule has 6 aromatic rings. The largest absolute Gasteiger partial charge is 0.494 e. The molecule has 0 bridgehead atoms.